The molecule has 1 aliphatic carbocycles. The lowest BCUT2D eigenvalue weighted by molar-refractivity contribution is 0.0686. The molecule has 1 N–H and O–H groups in total. The summed E-state index contributed by atoms with van der Waals surface area (Å²) in [7, 11) is 1.79. The fraction of sp³-hybridized carbons (Fsp3) is 0.444. The van der Waals surface area contributed by atoms with Crippen LogP contribution in [0.4, 0.5) is 0 Å². The maximum atomic E-state index is 12.9. The van der Waals surface area contributed by atoms with Crippen LogP contribution in [0.5, 0.6) is 0 Å². The van der Waals surface area contributed by atoms with Gasteiger partial charge in [-0.1, -0.05) is 6.92 Å². The summed E-state index contributed by atoms with van der Waals surface area (Å²) < 4.78 is 0. The molecule has 1 aliphatic rings. The van der Waals surface area contributed by atoms with Crippen molar-refractivity contribution in [1.29, 1.82) is 0 Å². The summed E-state index contributed by atoms with van der Waals surface area (Å²) in [5, 5.41) is 10.2. The highest BCUT2D eigenvalue weighted by molar-refractivity contribution is 7.11. The van der Waals surface area contributed by atoms with Crippen molar-refractivity contribution in [2.45, 2.75) is 45.6 Å². The number of hydrogen-bond acceptors (Lipinski definition) is 5. The number of amides is 1. The molecule has 0 bridgehead atoms. The molecule has 3 rings (SSSR count). The Balaban J connectivity index is 1.88. The van der Waals surface area contributed by atoms with Gasteiger partial charge in [0.2, 0.25) is 0 Å². The van der Waals surface area contributed by atoms with E-state index in [1.165, 1.54) is 17.0 Å². The Kier molecular flexibility index (Phi) is 4.85. The van der Waals surface area contributed by atoms with Crippen LogP contribution in [0.2, 0.25) is 0 Å². The minimum atomic E-state index is -1.04. The lowest BCUT2D eigenvalue weighted by atomic mass is 9.96. The van der Waals surface area contributed by atoms with Crippen LogP contribution in [0.15, 0.2) is 12.1 Å². The second-order valence-corrected chi connectivity index (χ2v) is 7.35. The molecule has 2 heterocycles. The molecular weight excluding hydrogens is 338 g/mol. The standard InChI is InChI=1S/C18H21N3O3S/c1-4-15-20-12-6-5-7-14(16(12)25-15)21(3)17(22)13-9-8-11(18(23)24)10(2)19-13/h8-9,14H,4-7H2,1-3H3,(H,23,24). The third-order valence-electron chi connectivity index (χ3n) is 4.59. The van der Waals surface area contributed by atoms with Crippen molar-refractivity contribution in [3.8, 4) is 0 Å². The zero-order valence-electron chi connectivity index (χ0n) is 14.6. The molecule has 0 radical (unpaired) electrons. The first kappa shape index (κ1) is 17.5. The Bertz CT molecular complexity index is 831. The lowest BCUT2D eigenvalue weighted by Gasteiger charge is -2.30. The highest BCUT2D eigenvalue weighted by Crippen LogP contribution is 2.38. The van der Waals surface area contributed by atoms with Gasteiger partial charge in [0.05, 0.1) is 32.9 Å². The number of nitrogens with zero attached hydrogens (tertiary/aromatic N) is 3. The Hall–Kier alpha value is -2.28. The molecule has 7 heteroatoms. The largest absolute Gasteiger partial charge is 0.478 e. The first-order valence-electron chi connectivity index (χ1n) is 8.39. The topological polar surface area (TPSA) is 83.4 Å². The van der Waals surface area contributed by atoms with Crippen LogP contribution in [0.3, 0.4) is 0 Å². The summed E-state index contributed by atoms with van der Waals surface area (Å²) in [6, 6.07) is 2.94. The molecule has 0 saturated heterocycles. The van der Waals surface area contributed by atoms with Gasteiger partial charge >= 0.3 is 5.97 Å². The number of hydrogen-bond donors (Lipinski definition) is 1. The minimum Gasteiger partial charge on any atom is -0.478 e. The van der Waals surface area contributed by atoms with Crippen LogP contribution in [0.25, 0.3) is 0 Å². The molecule has 0 spiro atoms. The van der Waals surface area contributed by atoms with Crippen molar-refractivity contribution in [3.05, 3.63) is 44.7 Å². The molecule has 1 amide bonds. The quantitative estimate of drug-likeness (QED) is 0.906. The minimum absolute atomic E-state index is 0.00954. The fourth-order valence-corrected chi connectivity index (χ4v) is 4.43. The number of thiazole rings is 1. The molecule has 25 heavy (non-hydrogen) atoms. The van der Waals surface area contributed by atoms with E-state index in [0.29, 0.717) is 5.69 Å². The van der Waals surface area contributed by atoms with Crippen LogP contribution in [0.1, 0.15) is 67.9 Å². The van der Waals surface area contributed by atoms with E-state index in [1.807, 2.05) is 0 Å². The lowest BCUT2D eigenvalue weighted by Crippen LogP contribution is -2.33. The number of pyridine rings is 1. The number of aromatic nitrogens is 2. The third kappa shape index (κ3) is 3.28. The fourth-order valence-electron chi connectivity index (χ4n) is 3.20. The summed E-state index contributed by atoms with van der Waals surface area (Å²) in [5.41, 5.74) is 1.86. The molecule has 2 aromatic heterocycles. The summed E-state index contributed by atoms with van der Waals surface area (Å²) in [4.78, 5) is 35.8. The second kappa shape index (κ2) is 6.92. The molecule has 1 atom stereocenters. The molecule has 2 aromatic rings. The Morgan fingerprint density at radius 2 is 2.12 bits per heavy atom. The Morgan fingerprint density at radius 3 is 2.76 bits per heavy atom. The van der Waals surface area contributed by atoms with E-state index in [1.54, 1.807) is 30.2 Å². The van der Waals surface area contributed by atoms with E-state index in [-0.39, 0.29) is 23.2 Å². The van der Waals surface area contributed by atoms with Crippen molar-refractivity contribution in [2.75, 3.05) is 7.05 Å². The Labute approximate surface area is 150 Å². The summed E-state index contributed by atoms with van der Waals surface area (Å²) in [6.45, 7) is 3.69. The highest BCUT2D eigenvalue weighted by Gasteiger charge is 2.31. The summed E-state index contributed by atoms with van der Waals surface area (Å²) in [5.74, 6) is -1.23. The maximum Gasteiger partial charge on any atom is 0.337 e. The SMILES string of the molecule is CCc1nc2c(s1)C(N(C)C(=O)c1ccc(C(=O)O)c(C)n1)CCC2. The summed E-state index contributed by atoms with van der Waals surface area (Å²) in [6.07, 6.45) is 3.79. The van der Waals surface area contributed by atoms with Crippen LogP contribution in [-0.4, -0.2) is 38.9 Å². The molecule has 0 aliphatic heterocycles. The van der Waals surface area contributed by atoms with Crippen LogP contribution < -0.4 is 0 Å². The smallest absolute Gasteiger partial charge is 0.337 e. The first-order chi connectivity index (χ1) is 11.9. The maximum absolute atomic E-state index is 12.9. The first-order valence-corrected chi connectivity index (χ1v) is 9.20. The number of carbonyl (C=O) groups excluding carboxylic acids is 1. The predicted molar refractivity (Wildman–Crippen MR) is 95.2 cm³/mol. The van der Waals surface area contributed by atoms with E-state index in [9.17, 15) is 9.59 Å². The van der Waals surface area contributed by atoms with Crippen LogP contribution >= 0.6 is 11.3 Å². The number of carbonyl (C=O) groups is 2. The molecule has 0 saturated carbocycles. The molecule has 6 nitrogen and oxygen atoms in total. The number of carboxylic acids is 1. The van der Waals surface area contributed by atoms with Gasteiger partial charge in [-0.15, -0.1) is 11.3 Å². The van der Waals surface area contributed by atoms with E-state index >= 15 is 0 Å². The van der Waals surface area contributed by atoms with E-state index in [4.69, 9.17) is 5.11 Å². The van der Waals surface area contributed by atoms with Crippen molar-refractivity contribution < 1.29 is 14.7 Å². The molecule has 0 fully saturated rings. The second-order valence-electron chi connectivity index (χ2n) is 6.23. The molecule has 0 aromatic carbocycles. The van der Waals surface area contributed by atoms with Gasteiger partial charge in [0.25, 0.3) is 5.91 Å². The van der Waals surface area contributed by atoms with Crippen molar-refractivity contribution in [1.82, 2.24) is 14.9 Å². The zero-order chi connectivity index (χ0) is 18.1. The number of aromatic carboxylic acids is 1. The van der Waals surface area contributed by atoms with Crippen molar-refractivity contribution in [3.63, 3.8) is 0 Å². The van der Waals surface area contributed by atoms with Crippen molar-refractivity contribution in [2.24, 2.45) is 0 Å². The Morgan fingerprint density at radius 1 is 1.36 bits per heavy atom. The van der Waals surface area contributed by atoms with E-state index in [2.05, 4.69) is 16.9 Å². The third-order valence-corrected chi connectivity index (χ3v) is 5.93. The van der Waals surface area contributed by atoms with Crippen LogP contribution in [0, 0.1) is 6.92 Å². The zero-order valence-corrected chi connectivity index (χ0v) is 15.4. The highest BCUT2D eigenvalue weighted by atomic mass is 32.1. The van der Waals surface area contributed by atoms with Crippen molar-refractivity contribution >= 4 is 23.2 Å². The molecular formula is C18H21N3O3S. The monoisotopic (exact) mass is 359 g/mol. The van der Waals surface area contributed by atoms with Crippen LogP contribution in [-0.2, 0) is 12.8 Å². The van der Waals surface area contributed by atoms with Gasteiger partial charge < -0.3 is 10.0 Å². The van der Waals surface area contributed by atoms with Gasteiger partial charge in [0.15, 0.2) is 0 Å². The number of rotatable bonds is 4. The normalized spacial score (nSPS) is 16.4. The van der Waals surface area contributed by atoms with Gasteiger partial charge in [-0.3, -0.25) is 4.79 Å². The summed E-state index contributed by atoms with van der Waals surface area (Å²) >= 11 is 1.69. The van der Waals surface area contributed by atoms with Gasteiger partial charge in [-0.2, -0.15) is 0 Å². The molecule has 1 unspecified atom stereocenters. The average molecular weight is 359 g/mol. The van der Waals surface area contributed by atoms with Gasteiger partial charge in [0, 0.05) is 7.05 Å². The average Bonchev–Trinajstić information content (AvgIpc) is 3.03. The van der Waals surface area contributed by atoms with Gasteiger partial charge in [-0.05, 0) is 44.7 Å². The van der Waals surface area contributed by atoms with E-state index < -0.39 is 5.97 Å². The predicted octanol–water partition coefficient (Wildman–Crippen LogP) is 3.26. The molecule has 132 valence electrons. The number of fused-ring (bicyclic) bond motifs is 1. The number of aryl methyl sites for hydroxylation is 3. The van der Waals surface area contributed by atoms with Gasteiger partial charge in [0.1, 0.15) is 5.69 Å². The number of carboxylic acid groups (broad SMARTS) is 1. The van der Waals surface area contributed by atoms with Gasteiger partial charge in [-0.25, -0.2) is 14.8 Å². The van der Waals surface area contributed by atoms with E-state index in [0.717, 1.165) is 36.4 Å².